The Morgan fingerprint density at radius 3 is 2.44 bits per heavy atom. The highest BCUT2D eigenvalue weighted by molar-refractivity contribution is 5.73. The van der Waals surface area contributed by atoms with Crippen LogP contribution in [-0.4, -0.2) is 80.1 Å². The van der Waals surface area contributed by atoms with Gasteiger partial charge >= 0.3 is 5.97 Å². The number of phenolic OH excluding ortho intramolecular Hbond substituents is 1. The van der Waals surface area contributed by atoms with Crippen LogP contribution in [0, 0.1) is 0 Å². The van der Waals surface area contributed by atoms with Crippen LogP contribution in [0.1, 0.15) is 64.9 Å². The van der Waals surface area contributed by atoms with Gasteiger partial charge < -0.3 is 45.1 Å². The van der Waals surface area contributed by atoms with Gasteiger partial charge in [-0.3, -0.25) is 0 Å². The minimum Gasteiger partial charge on any atom is -0.508 e. The molecule has 0 amide bonds. The maximum atomic E-state index is 11.9. The van der Waals surface area contributed by atoms with E-state index in [0.29, 0.717) is 5.56 Å². The molecule has 0 spiro atoms. The standard InChI is InChI=1S/C24H37NO9/c1-5-32-23(13-25-22(2,3)4)24(31,20(28)18(27)19(34-23)21(29)30)33-17-11-10-15(26)12-16(17)14-8-6-7-9-14/h10-12,14,18-20,25-28,31H,5-9,13H2,1-4H3,(H,29,30)/t18-,19+,20+,23-,24+/m1/s1. The van der Waals surface area contributed by atoms with Crippen LogP contribution in [0.2, 0.25) is 0 Å². The first-order chi connectivity index (χ1) is 15.8. The van der Waals surface area contributed by atoms with Gasteiger partial charge in [0, 0.05) is 17.7 Å². The average Bonchev–Trinajstić information content (AvgIpc) is 3.29. The summed E-state index contributed by atoms with van der Waals surface area (Å²) in [5, 5.41) is 56.3. The molecule has 0 unspecified atom stereocenters. The molecule has 1 aromatic carbocycles. The number of hydrogen-bond donors (Lipinski definition) is 6. The van der Waals surface area contributed by atoms with Crippen LogP contribution in [0.25, 0.3) is 0 Å². The van der Waals surface area contributed by atoms with Crippen LogP contribution in [-0.2, 0) is 14.3 Å². The van der Waals surface area contributed by atoms with Gasteiger partial charge in [0.15, 0.2) is 12.2 Å². The van der Waals surface area contributed by atoms with Crippen LogP contribution >= 0.6 is 0 Å². The molecule has 1 aliphatic heterocycles. The molecule has 2 aliphatic rings. The third kappa shape index (κ3) is 5.17. The highest BCUT2D eigenvalue weighted by Gasteiger charge is 2.69. The Morgan fingerprint density at radius 2 is 1.88 bits per heavy atom. The first kappa shape index (κ1) is 26.7. The Balaban J connectivity index is 2.11. The van der Waals surface area contributed by atoms with E-state index in [1.807, 2.05) is 20.8 Å². The zero-order valence-corrected chi connectivity index (χ0v) is 20.2. The molecule has 1 heterocycles. The molecule has 0 bridgehead atoms. The second kappa shape index (κ2) is 9.96. The molecule has 5 atom stereocenters. The molecule has 6 N–H and O–H groups in total. The number of hydrogen-bond acceptors (Lipinski definition) is 9. The lowest BCUT2D eigenvalue weighted by molar-refractivity contribution is -0.440. The van der Waals surface area contributed by atoms with Crippen molar-refractivity contribution < 1.29 is 44.5 Å². The summed E-state index contributed by atoms with van der Waals surface area (Å²) in [6.07, 6.45) is -2.23. The number of nitrogens with one attached hydrogen (secondary N) is 1. The van der Waals surface area contributed by atoms with E-state index in [1.165, 1.54) is 12.1 Å². The molecule has 1 saturated heterocycles. The highest BCUT2D eigenvalue weighted by atomic mass is 16.8. The fourth-order valence-electron chi connectivity index (χ4n) is 4.64. The van der Waals surface area contributed by atoms with Crippen molar-refractivity contribution in [1.82, 2.24) is 5.32 Å². The van der Waals surface area contributed by atoms with Crippen molar-refractivity contribution in [3.63, 3.8) is 0 Å². The van der Waals surface area contributed by atoms with E-state index in [9.17, 15) is 30.3 Å². The van der Waals surface area contributed by atoms with Crippen molar-refractivity contribution in [1.29, 1.82) is 0 Å². The van der Waals surface area contributed by atoms with Crippen LogP contribution in [0.4, 0.5) is 0 Å². The number of carboxylic acids is 1. The van der Waals surface area contributed by atoms with Gasteiger partial charge in [-0.05, 0) is 64.7 Å². The predicted molar refractivity (Wildman–Crippen MR) is 122 cm³/mol. The first-order valence-corrected chi connectivity index (χ1v) is 11.7. The van der Waals surface area contributed by atoms with Crippen molar-refractivity contribution in [3.05, 3.63) is 23.8 Å². The number of aliphatic hydroxyl groups excluding tert-OH is 2. The Morgan fingerprint density at radius 1 is 1.24 bits per heavy atom. The van der Waals surface area contributed by atoms with E-state index in [-0.39, 0.29) is 30.6 Å². The minimum absolute atomic E-state index is 0.0162. The highest BCUT2D eigenvalue weighted by Crippen LogP contribution is 2.45. The molecule has 0 aromatic heterocycles. The van der Waals surface area contributed by atoms with Gasteiger partial charge in [-0.15, -0.1) is 0 Å². The maximum Gasteiger partial charge on any atom is 0.335 e. The topological polar surface area (TPSA) is 158 Å². The molecule has 2 fully saturated rings. The Hall–Kier alpha value is -1.95. The molecule has 0 radical (unpaired) electrons. The molecule has 3 rings (SSSR count). The Bertz CT molecular complexity index is 866. The number of aliphatic carboxylic acids is 1. The van der Waals surface area contributed by atoms with Crippen molar-refractivity contribution in [2.75, 3.05) is 13.2 Å². The number of phenols is 1. The number of rotatable bonds is 8. The van der Waals surface area contributed by atoms with E-state index in [2.05, 4.69) is 5.32 Å². The van der Waals surface area contributed by atoms with Gasteiger partial charge in [0.1, 0.15) is 17.6 Å². The second-order valence-corrected chi connectivity index (χ2v) is 10.1. The first-order valence-electron chi connectivity index (χ1n) is 11.7. The molecule has 1 aliphatic carbocycles. The Labute approximate surface area is 199 Å². The van der Waals surface area contributed by atoms with Gasteiger partial charge in [0.2, 0.25) is 0 Å². The zero-order chi connectivity index (χ0) is 25.3. The predicted octanol–water partition coefficient (Wildman–Crippen LogP) is 1.44. The summed E-state index contributed by atoms with van der Waals surface area (Å²) in [4.78, 5) is 11.8. The van der Waals surface area contributed by atoms with E-state index in [0.717, 1.165) is 25.7 Å². The van der Waals surface area contributed by atoms with Crippen molar-refractivity contribution in [3.8, 4) is 11.5 Å². The van der Waals surface area contributed by atoms with Gasteiger partial charge in [-0.25, -0.2) is 4.79 Å². The molecular formula is C24H37NO9. The fourth-order valence-corrected chi connectivity index (χ4v) is 4.64. The molecule has 1 aromatic rings. The van der Waals surface area contributed by atoms with Crippen LogP contribution < -0.4 is 10.1 Å². The monoisotopic (exact) mass is 483 g/mol. The lowest BCUT2D eigenvalue weighted by atomic mass is 9.87. The lowest BCUT2D eigenvalue weighted by Crippen LogP contribution is -2.79. The van der Waals surface area contributed by atoms with Crippen LogP contribution in [0.5, 0.6) is 11.5 Å². The summed E-state index contributed by atoms with van der Waals surface area (Å²) >= 11 is 0. The van der Waals surface area contributed by atoms with Crippen molar-refractivity contribution in [2.24, 2.45) is 0 Å². The molecule has 34 heavy (non-hydrogen) atoms. The zero-order valence-electron chi connectivity index (χ0n) is 20.2. The van der Waals surface area contributed by atoms with Crippen LogP contribution in [0.3, 0.4) is 0 Å². The number of ether oxygens (including phenoxy) is 3. The Kier molecular flexibility index (Phi) is 7.81. The van der Waals surface area contributed by atoms with Crippen molar-refractivity contribution in [2.45, 2.75) is 94.7 Å². The summed E-state index contributed by atoms with van der Waals surface area (Å²) in [5.74, 6) is -6.14. The number of aromatic hydroxyl groups is 1. The number of carboxylic acid groups (broad SMARTS) is 1. The fraction of sp³-hybridized carbons (Fsp3) is 0.708. The SMILES string of the molecule is CCO[C@]1(CNC(C)(C)C)O[C@H](C(=O)O)[C@@H](O)[C@H](O)[C@]1(O)Oc1ccc(O)cc1C1CCCC1. The van der Waals surface area contributed by atoms with E-state index < -0.39 is 41.4 Å². The molecule has 192 valence electrons. The quantitative estimate of drug-likeness (QED) is 0.299. The average molecular weight is 484 g/mol. The second-order valence-electron chi connectivity index (χ2n) is 10.1. The van der Waals surface area contributed by atoms with E-state index in [1.54, 1.807) is 13.0 Å². The number of carbonyl (C=O) groups is 1. The lowest BCUT2D eigenvalue weighted by Gasteiger charge is -2.54. The summed E-state index contributed by atoms with van der Waals surface area (Å²) in [5.41, 5.74) is 0.143. The number of benzene rings is 1. The molecule has 10 nitrogen and oxygen atoms in total. The molecule has 1 saturated carbocycles. The summed E-state index contributed by atoms with van der Waals surface area (Å²) in [6.45, 7) is 6.91. The minimum atomic E-state index is -2.70. The summed E-state index contributed by atoms with van der Waals surface area (Å²) in [6, 6.07) is 4.41. The van der Waals surface area contributed by atoms with Crippen molar-refractivity contribution >= 4 is 5.97 Å². The smallest absolute Gasteiger partial charge is 0.335 e. The van der Waals surface area contributed by atoms with E-state index >= 15 is 0 Å². The molecule has 10 heteroatoms. The molecular weight excluding hydrogens is 446 g/mol. The van der Waals surface area contributed by atoms with Gasteiger partial charge in [0.05, 0.1) is 6.54 Å². The summed E-state index contributed by atoms with van der Waals surface area (Å²) in [7, 11) is 0. The van der Waals surface area contributed by atoms with Gasteiger partial charge in [0.25, 0.3) is 11.6 Å². The van der Waals surface area contributed by atoms with Crippen LogP contribution in [0.15, 0.2) is 18.2 Å². The third-order valence-corrected chi connectivity index (χ3v) is 6.42. The maximum absolute atomic E-state index is 11.9. The summed E-state index contributed by atoms with van der Waals surface area (Å²) < 4.78 is 17.5. The van der Waals surface area contributed by atoms with E-state index in [4.69, 9.17) is 14.2 Å². The number of aliphatic hydroxyl groups is 3. The van der Waals surface area contributed by atoms with Gasteiger partial charge in [-0.2, -0.15) is 0 Å². The van der Waals surface area contributed by atoms with Gasteiger partial charge in [-0.1, -0.05) is 12.8 Å². The normalized spacial score (nSPS) is 32.6. The third-order valence-electron chi connectivity index (χ3n) is 6.42. The largest absolute Gasteiger partial charge is 0.508 e.